The molecule has 0 atom stereocenters. The molecule has 1 aromatic rings. The van der Waals surface area contributed by atoms with E-state index in [-0.39, 0.29) is 11.7 Å². The lowest BCUT2D eigenvalue weighted by molar-refractivity contribution is 0.102. The summed E-state index contributed by atoms with van der Waals surface area (Å²) >= 11 is 5.45. The van der Waals surface area contributed by atoms with E-state index in [2.05, 4.69) is 13.8 Å². The zero-order valence-corrected chi connectivity index (χ0v) is 9.75. The number of hydrogen-bond acceptors (Lipinski definition) is 2. The molecule has 0 unspecified atom stereocenters. The molecule has 0 bridgehead atoms. The topological polar surface area (TPSA) is 26.3 Å². The van der Waals surface area contributed by atoms with Gasteiger partial charge in [-0.1, -0.05) is 13.8 Å². The summed E-state index contributed by atoms with van der Waals surface area (Å²) in [7, 11) is 0. The van der Waals surface area contributed by atoms with Gasteiger partial charge in [0.2, 0.25) is 0 Å². The van der Waals surface area contributed by atoms with Crippen molar-refractivity contribution in [3.05, 3.63) is 29.8 Å². The first kappa shape index (κ1) is 12.1. The number of hydrogen-bond donors (Lipinski definition) is 0. The van der Waals surface area contributed by atoms with Crippen molar-refractivity contribution in [3.8, 4) is 5.75 Å². The van der Waals surface area contributed by atoms with Gasteiger partial charge in [-0.15, -0.1) is 11.6 Å². The van der Waals surface area contributed by atoms with E-state index in [4.69, 9.17) is 16.3 Å². The molecule has 0 aromatic heterocycles. The molecule has 0 amide bonds. The van der Waals surface area contributed by atoms with E-state index < -0.39 is 0 Å². The number of ketones is 1. The maximum absolute atomic E-state index is 11.2. The van der Waals surface area contributed by atoms with Crippen LogP contribution in [0.15, 0.2) is 24.3 Å². The minimum absolute atomic E-state index is 0.0200. The molecule has 2 nitrogen and oxygen atoms in total. The SMILES string of the molecule is CC(C)COc1ccc(C(=O)CCl)cc1. The van der Waals surface area contributed by atoms with Crippen molar-refractivity contribution in [2.24, 2.45) is 5.92 Å². The molecule has 15 heavy (non-hydrogen) atoms. The highest BCUT2D eigenvalue weighted by Crippen LogP contribution is 2.13. The molecule has 0 heterocycles. The Labute approximate surface area is 95.2 Å². The summed E-state index contributed by atoms with van der Waals surface area (Å²) in [4.78, 5) is 11.2. The Bertz CT molecular complexity index is 317. The lowest BCUT2D eigenvalue weighted by atomic mass is 10.1. The van der Waals surface area contributed by atoms with Crippen LogP contribution in [0.1, 0.15) is 24.2 Å². The Morgan fingerprint density at radius 2 is 1.93 bits per heavy atom. The number of carbonyl (C=O) groups is 1. The zero-order valence-electron chi connectivity index (χ0n) is 9.00. The summed E-state index contributed by atoms with van der Waals surface area (Å²) in [6.07, 6.45) is 0. The van der Waals surface area contributed by atoms with Gasteiger partial charge in [0.15, 0.2) is 5.78 Å². The van der Waals surface area contributed by atoms with Crippen molar-refractivity contribution in [1.82, 2.24) is 0 Å². The average molecular weight is 227 g/mol. The van der Waals surface area contributed by atoms with Gasteiger partial charge in [0.1, 0.15) is 5.75 Å². The molecule has 0 saturated heterocycles. The summed E-state index contributed by atoms with van der Waals surface area (Å²) in [6, 6.07) is 7.06. The Morgan fingerprint density at radius 1 is 1.33 bits per heavy atom. The maximum atomic E-state index is 11.2. The van der Waals surface area contributed by atoms with Crippen LogP contribution >= 0.6 is 11.6 Å². The monoisotopic (exact) mass is 226 g/mol. The van der Waals surface area contributed by atoms with Crippen LogP contribution in [-0.2, 0) is 0 Å². The van der Waals surface area contributed by atoms with Crippen LogP contribution in [-0.4, -0.2) is 18.3 Å². The molecule has 82 valence electrons. The summed E-state index contributed by atoms with van der Waals surface area (Å²) in [5, 5.41) is 0. The Kier molecular flexibility index (Phi) is 4.63. The maximum Gasteiger partial charge on any atom is 0.177 e. The third-order valence-corrected chi connectivity index (χ3v) is 2.12. The fraction of sp³-hybridized carbons (Fsp3) is 0.417. The third kappa shape index (κ3) is 3.92. The number of halogens is 1. The van der Waals surface area contributed by atoms with Crippen molar-refractivity contribution in [2.45, 2.75) is 13.8 Å². The molecular formula is C12H15ClO2. The van der Waals surface area contributed by atoms with Crippen LogP contribution in [0.3, 0.4) is 0 Å². The first-order valence-electron chi connectivity index (χ1n) is 4.95. The lowest BCUT2D eigenvalue weighted by Gasteiger charge is -2.08. The Hall–Kier alpha value is -1.02. The van der Waals surface area contributed by atoms with E-state index >= 15 is 0 Å². The molecule has 1 rings (SSSR count). The second-order valence-electron chi connectivity index (χ2n) is 3.79. The number of Topliss-reactive ketones (excluding diaryl/α,β-unsaturated/α-hetero) is 1. The van der Waals surface area contributed by atoms with Crippen molar-refractivity contribution in [2.75, 3.05) is 12.5 Å². The molecular weight excluding hydrogens is 212 g/mol. The van der Waals surface area contributed by atoms with Gasteiger partial charge in [0.25, 0.3) is 0 Å². The fourth-order valence-electron chi connectivity index (χ4n) is 1.08. The summed E-state index contributed by atoms with van der Waals surface area (Å²) in [6.45, 7) is 4.86. The van der Waals surface area contributed by atoms with Crippen LogP contribution in [0.5, 0.6) is 5.75 Å². The molecule has 0 aliphatic heterocycles. The molecule has 0 radical (unpaired) electrons. The highest BCUT2D eigenvalue weighted by molar-refractivity contribution is 6.30. The first-order valence-corrected chi connectivity index (χ1v) is 5.49. The predicted octanol–water partition coefficient (Wildman–Crippen LogP) is 3.14. The summed E-state index contributed by atoms with van der Waals surface area (Å²) in [5.74, 6) is 1.24. The Morgan fingerprint density at radius 3 is 2.40 bits per heavy atom. The number of rotatable bonds is 5. The number of alkyl halides is 1. The highest BCUT2D eigenvalue weighted by Gasteiger charge is 2.03. The predicted molar refractivity (Wildman–Crippen MR) is 61.8 cm³/mol. The van der Waals surface area contributed by atoms with Gasteiger partial charge in [0.05, 0.1) is 12.5 Å². The van der Waals surface area contributed by atoms with Gasteiger partial charge in [-0.2, -0.15) is 0 Å². The molecule has 0 aliphatic carbocycles. The molecule has 0 N–H and O–H groups in total. The van der Waals surface area contributed by atoms with Crippen LogP contribution in [0.25, 0.3) is 0 Å². The number of carbonyl (C=O) groups excluding carboxylic acids is 1. The standard InChI is InChI=1S/C12H15ClO2/c1-9(2)8-15-11-5-3-10(4-6-11)12(14)7-13/h3-6,9H,7-8H2,1-2H3. The molecule has 0 aliphatic rings. The second kappa shape index (κ2) is 5.76. The molecule has 0 fully saturated rings. The highest BCUT2D eigenvalue weighted by atomic mass is 35.5. The van der Waals surface area contributed by atoms with Crippen LogP contribution in [0.4, 0.5) is 0 Å². The smallest absolute Gasteiger partial charge is 0.177 e. The van der Waals surface area contributed by atoms with Gasteiger partial charge in [-0.05, 0) is 30.2 Å². The molecule has 0 spiro atoms. The van der Waals surface area contributed by atoms with E-state index in [1.165, 1.54) is 0 Å². The minimum Gasteiger partial charge on any atom is -0.493 e. The normalized spacial score (nSPS) is 10.4. The first-order chi connectivity index (χ1) is 7.13. The van der Waals surface area contributed by atoms with Gasteiger partial charge < -0.3 is 4.74 Å². The Balaban J connectivity index is 2.60. The average Bonchev–Trinajstić information content (AvgIpc) is 2.26. The molecule has 0 saturated carbocycles. The quantitative estimate of drug-likeness (QED) is 0.570. The zero-order chi connectivity index (χ0) is 11.3. The van der Waals surface area contributed by atoms with Crippen LogP contribution in [0.2, 0.25) is 0 Å². The van der Waals surface area contributed by atoms with Crippen molar-refractivity contribution in [1.29, 1.82) is 0 Å². The lowest BCUT2D eigenvalue weighted by Crippen LogP contribution is -2.05. The van der Waals surface area contributed by atoms with Crippen LogP contribution in [0, 0.1) is 5.92 Å². The summed E-state index contributed by atoms with van der Waals surface area (Å²) < 4.78 is 5.49. The largest absolute Gasteiger partial charge is 0.493 e. The van der Waals surface area contributed by atoms with Crippen molar-refractivity contribution in [3.63, 3.8) is 0 Å². The van der Waals surface area contributed by atoms with Crippen molar-refractivity contribution >= 4 is 17.4 Å². The third-order valence-electron chi connectivity index (χ3n) is 1.88. The van der Waals surface area contributed by atoms with E-state index in [1.54, 1.807) is 24.3 Å². The number of benzene rings is 1. The van der Waals surface area contributed by atoms with Gasteiger partial charge in [-0.3, -0.25) is 4.79 Å². The second-order valence-corrected chi connectivity index (χ2v) is 4.05. The molecule has 1 aromatic carbocycles. The van der Waals surface area contributed by atoms with Crippen molar-refractivity contribution < 1.29 is 9.53 Å². The number of ether oxygens (including phenoxy) is 1. The van der Waals surface area contributed by atoms with Gasteiger partial charge in [0, 0.05) is 5.56 Å². The fourth-order valence-corrected chi connectivity index (χ4v) is 1.23. The van der Waals surface area contributed by atoms with E-state index in [0.29, 0.717) is 18.1 Å². The van der Waals surface area contributed by atoms with E-state index in [0.717, 1.165) is 5.75 Å². The van der Waals surface area contributed by atoms with Gasteiger partial charge in [-0.25, -0.2) is 0 Å². The molecule has 3 heteroatoms. The minimum atomic E-state index is -0.0629. The van der Waals surface area contributed by atoms with Gasteiger partial charge >= 0.3 is 0 Å². The van der Waals surface area contributed by atoms with E-state index in [1.807, 2.05) is 0 Å². The van der Waals surface area contributed by atoms with Crippen LogP contribution < -0.4 is 4.74 Å². The van der Waals surface area contributed by atoms with E-state index in [9.17, 15) is 4.79 Å². The summed E-state index contributed by atoms with van der Waals surface area (Å²) in [5.41, 5.74) is 0.627.